The molecule has 1 saturated heterocycles. The number of carboxylic acid groups (broad SMARTS) is 1. The number of aromatic nitrogens is 1. The number of fused-ring (bicyclic) bond motifs is 5. The zero-order chi connectivity index (χ0) is 24.3. The lowest BCUT2D eigenvalue weighted by molar-refractivity contribution is -0.141. The predicted molar refractivity (Wildman–Crippen MR) is 130 cm³/mol. The Labute approximate surface area is 199 Å². The highest BCUT2D eigenvalue weighted by Crippen LogP contribution is 2.40. The standard InChI is InChI=1S/C28H20N2O5/c31-25-20-11-3-2-10-19(20)24-23(25)18-9-1-4-12-21(18)27(33)30(24)17-8-5-7-16(15-17)26(32)29-14-6-13-22(29)28(34)35/h1-5,7-12,15,22H,6,13-14H2,(H,34,35). The summed E-state index contributed by atoms with van der Waals surface area (Å²) in [4.78, 5) is 53.4. The van der Waals surface area contributed by atoms with E-state index in [1.807, 2.05) is 12.1 Å². The minimum Gasteiger partial charge on any atom is -0.480 e. The molecular weight excluding hydrogens is 444 g/mol. The van der Waals surface area contributed by atoms with E-state index in [0.29, 0.717) is 63.8 Å². The number of ketones is 1. The van der Waals surface area contributed by atoms with Crippen molar-refractivity contribution in [1.82, 2.24) is 9.47 Å². The summed E-state index contributed by atoms with van der Waals surface area (Å²) in [7, 11) is 0. The molecule has 7 heteroatoms. The molecule has 0 saturated carbocycles. The number of likely N-dealkylation sites (tertiary alicyclic amines) is 1. The summed E-state index contributed by atoms with van der Waals surface area (Å²) in [5.41, 5.74) is 2.60. The topological polar surface area (TPSA) is 96.7 Å². The van der Waals surface area contributed by atoms with E-state index in [0.717, 1.165) is 0 Å². The van der Waals surface area contributed by atoms with Crippen molar-refractivity contribution in [3.63, 3.8) is 0 Å². The molecule has 1 aliphatic carbocycles. The lowest BCUT2D eigenvalue weighted by Crippen LogP contribution is -2.40. The van der Waals surface area contributed by atoms with Crippen LogP contribution in [0.15, 0.2) is 77.6 Å². The van der Waals surface area contributed by atoms with Crippen LogP contribution in [0.1, 0.15) is 39.1 Å². The Morgan fingerprint density at radius 3 is 2.34 bits per heavy atom. The number of aliphatic carboxylic acids is 1. The Hall–Kier alpha value is -4.52. The van der Waals surface area contributed by atoms with Crippen molar-refractivity contribution < 1.29 is 19.5 Å². The number of carbonyl (C=O) groups is 3. The molecule has 1 unspecified atom stereocenters. The first kappa shape index (κ1) is 21.0. The van der Waals surface area contributed by atoms with Crippen LogP contribution >= 0.6 is 0 Å². The summed E-state index contributed by atoms with van der Waals surface area (Å²) in [5.74, 6) is -1.56. The highest BCUT2D eigenvalue weighted by molar-refractivity contribution is 6.26. The highest BCUT2D eigenvalue weighted by atomic mass is 16.4. The maximum absolute atomic E-state index is 13.8. The quantitative estimate of drug-likeness (QED) is 0.437. The van der Waals surface area contributed by atoms with Gasteiger partial charge in [0.15, 0.2) is 5.78 Å². The van der Waals surface area contributed by atoms with Crippen LogP contribution in [0.25, 0.3) is 27.7 Å². The molecule has 2 aliphatic rings. The summed E-state index contributed by atoms with van der Waals surface area (Å²) >= 11 is 0. The second-order valence-corrected chi connectivity index (χ2v) is 8.83. The number of hydrogen-bond donors (Lipinski definition) is 1. The maximum atomic E-state index is 13.8. The van der Waals surface area contributed by atoms with Crippen molar-refractivity contribution in [1.29, 1.82) is 0 Å². The van der Waals surface area contributed by atoms with Crippen LogP contribution in [-0.4, -0.2) is 44.8 Å². The third-order valence-corrected chi connectivity index (χ3v) is 6.89. The molecule has 0 bridgehead atoms. The Morgan fingerprint density at radius 2 is 1.57 bits per heavy atom. The normalized spacial score (nSPS) is 16.4. The first-order chi connectivity index (χ1) is 17.0. The summed E-state index contributed by atoms with van der Waals surface area (Å²) in [6, 6.07) is 20.0. The number of carbonyl (C=O) groups excluding carboxylic acids is 2. The van der Waals surface area contributed by atoms with Crippen LogP contribution in [0.5, 0.6) is 0 Å². The van der Waals surface area contributed by atoms with Crippen LogP contribution in [0.4, 0.5) is 0 Å². The largest absolute Gasteiger partial charge is 0.480 e. The van der Waals surface area contributed by atoms with Gasteiger partial charge in [0.1, 0.15) is 6.04 Å². The van der Waals surface area contributed by atoms with Crippen LogP contribution in [-0.2, 0) is 4.79 Å². The number of benzene rings is 3. The fraction of sp³-hybridized carbons (Fsp3) is 0.143. The van der Waals surface area contributed by atoms with E-state index in [1.54, 1.807) is 60.7 Å². The smallest absolute Gasteiger partial charge is 0.326 e. The van der Waals surface area contributed by atoms with Crippen molar-refractivity contribution in [2.45, 2.75) is 18.9 Å². The molecule has 1 fully saturated rings. The molecule has 1 aromatic heterocycles. The zero-order valence-corrected chi connectivity index (χ0v) is 18.6. The van der Waals surface area contributed by atoms with E-state index in [2.05, 4.69) is 0 Å². The van der Waals surface area contributed by atoms with E-state index in [-0.39, 0.29) is 11.3 Å². The SMILES string of the molecule is O=C1c2ccccc2-c2c1c1ccccc1c(=O)n2-c1cccc(C(=O)N2CCCC2C(=O)O)c1. The molecular formula is C28H20N2O5. The summed E-state index contributed by atoms with van der Waals surface area (Å²) < 4.78 is 1.50. The summed E-state index contributed by atoms with van der Waals surface area (Å²) in [5, 5.41) is 10.5. The fourth-order valence-corrected chi connectivity index (χ4v) is 5.31. The zero-order valence-electron chi connectivity index (χ0n) is 18.6. The molecule has 1 aliphatic heterocycles. The first-order valence-electron chi connectivity index (χ1n) is 11.4. The molecule has 4 aromatic rings. The second kappa shape index (κ2) is 7.77. The maximum Gasteiger partial charge on any atom is 0.326 e. The number of nitrogens with zero attached hydrogens (tertiary/aromatic N) is 2. The van der Waals surface area contributed by atoms with Crippen molar-refractivity contribution in [3.05, 3.63) is 99.8 Å². The number of amides is 1. The Kier molecular flexibility index (Phi) is 4.67. The van der Waals surface area contributed by atoms with Gasteiger partial charge in [0.05, 0.1) is 16.9 Å². The van der Waals surface area contributed by atoms with Crippen LogP contribution < -0.4 is 5.56 Å². The van der Waals surface area contributed by atoms with Gasteiger partial charge in [-0.25, -0.2) is 4.79 Å². The predicted octanol–water partition coefficient (Wildman–Crippen LogP) is 3.89. The van der Waals surface area contributed by atoms with Gasteiger partial charge in [-0.1, -0.05) is 48.5 Å². The number of hydrogen-bond acceptors (Lipinski definition) is 4. The number of rotatable bonds is 3. The lowest BCUT2D eigenvalue weighted by atomic mass is 10.0. The minimum absolute atomic E-state index is 0.144. The molecule has 0 spiro atoms. The van der Waals surface area contributed by atoms with Gasteiger partial charge in [0, 0.05) is 34.0 Å². The van der Waals surface area contributed by atoms with Gasteiger partial charge < -0.3 is 10.0 Å². The lowest BCUT2D eigenvalue weighted by Gasteiger charge is -2.22. The molecule has 1 N–H and O–H groups in total. The van der Waals surface area contributed by atoms with Crippen LogP contribution in [0.3, 0.4) is 0 Å². The molecule has 3 aromatic carbocycles. The van der Waals surface area contributed by atoms with Gasteiger partial charge in [-0.2, -0.15) is 0 Å². The monoisotopic (exact) mass is 464 g/mol. The van der Waals surface area contributed by atoms with Gasteiger partial charge in [-0.3, -0.25) is 19.0 Å². The molecule has 2 heterocycles. The van der Waals surface area contributed by atoms with Gasteiger partial charge in [-0.15, -0.1) is 0 Å². The Morgan fingerprint density at radius 1 is 0.857 bits per heavy atom. The molecule has 1 atom stereocenters. The van der Waals surface area contributed by atoms with Crippen LogP contribution in [0.2, 0.25) is 0 Å². The molecule has 7 nitrogen and oxygen atoms in total. The third kappa shape index (κ3) is 3.05. The van der Waals surface area contributed by atoms with Crippen molar-refractivity contribution in [2.75, 3.05) is 6.54 Å². The number of carboxylic acids is 1. The van der Waals surface area contributed by atoms with E-state index >= 15 is 0 Å². The van der Waals surface area contributed by atoms with Gasteiger partial charge >= 0.3 is 5.97 Å². The Balaban J connectivity index is 1.59. The van der Waals surface area contributed by atoms with Crippen molar-refractivity contribution in [3.8, 4) is 16.9 Å². The first-order valence-corrected chi connectivity index (χ1v) is 11.4. The summed E-state index contributed by atoms with van der Waals surface area (Å²) in [6.07, 6.45) is 1.04. The van der Waals surface area contributed by atoms with Crippen molar-refractivity contribution >= 4 is 28.4 Å². The average Bonchev–Trinajstić information content (AvgIpc) is 3.48. The van der Waals surface area contributed by atoms with Crippen LogP contribution in [0, 0.1) is 0 Å². The molecule has 0 radical (unpaired) electrons. The molecule has 6 rings (SSSR count). The minimum atomic E-state index is -1.02. The molecule has 1 amide bonds. The molecule has 35 heavy (non-hydrogen) atoms. The third-order valence-electron chi connectivity index (χ3n) is 6.89. The second-order valence-electron chi connectivity index (χ2n) is 8.83. The van der Waals surface area contributed by atoms with E-state index in [4.69, 9.17) is 0 Å². The summed E-state index contributed by atoms with van der Waals surface area (Å²) in [6.45, 7) is 0.368. The number of pyridine rings is 1. The van der Waals surface area contributed by atoms with Gasteiger partial charge in [0.2, 0.25) is 0 Å². The fourth-order valence-electron chi connectivity index (χ4n) is 5.31. The molecule has 172 valence electrons. The highest BCUT2D eigenvalue weighted by Gasteiger charge is 2.35. The average molecular weight is 464 g/mol. The van der Waals surface area contributed by atoms with E-state index in [9.17, 15) is 24.3 Å². The Bertz CT molecular complexity index is 1630. The van der Waals surface area contributed by atoms with Gasteiger partial charge in [-0.05, 0) is 37.1 Å². The van der Waals surface area contributed by atoms with Crippen molar-refractivity contribution in [2.24, 2.45) is 0 Å². The van der Waals surface area contributed by atoms with E-state index < -0.39 is 17.9 Å². The van der Waals surface area contributed by atoms with E-state index in [1.165, 1.54) is 9.47 Å². The van der Waals surface area contributed by atoms with Gasteiger partial charge in [0.25, 0.3) is 11.5 Å².